The van der Waals surface area contributed by atoms with E-state index in [0.29, 0.717) is 35.7 Å². The molecule has 8 heteroatoms. The molecule has 1 N–H and O–H groups in total. The third kappa shape index (κ3) is 3.63. The van der Waals surface area contributed by atoms with Crippen molar-refractivity contribution in [3.8, 4) is 11.3 Å². The van der Waals surface area contributed by atoms with Crippen LogP contribution in [0.15, 0.2) is 47.5 Å². The lowest BCUT2D eigenvalue weighted by Crippen LogP contribution is -2.37. The summed E-state index contributed by atoms with van der Waals surface area (Å²) in [6.07, 6.45) is 5.96. The molecule has 1 saturated heterocycles. The highest BCUT2D eigenvalue weighted by atomic mass is 32.2. The third-order valence-electron chi connectivity index (χ3n) is 5.09. The zero-order chi connectivity index (χ0) is 19.0. The lowest BCUT2D eigenvalue weighted by atomic mass is 9.89. The summed E-state index contributed by atoms with van der Waals surface area (Å²) in [5.41, 5.74) is 3.43. The van der Waals surface area contributed by atoms with E-state index in [4.69, 9.17) is 0 Å². The molecule has 0 atom stereocenters. The molecule has 0 amide bonds. The number of hydrogen-bond acceptors (Lipinski definition) is 5. The van der Waals surface area contributed by atoms with Gasteiger partial charge in [0.05, 0.1) is 17.5 Å². The number of H-pyrrole nitrogens is 1. The molecule has 2 aromatic heterocycles. The molecule has 1 aliphatic heterocycles. The Hall–Kier alpha value is -2.58. The van der Waals surface area contributed by atoms with Crippen molar-refractivity contribution in [2.45, 2.75) is 18.8 Å². The number of rotatable bonds is 3. The maximum atomic E-state index is 12.2. The summed E-state index contributed by atoms with van der Waals surface area (Å²) >= 11 is 0. The summed E-state index contributed by atoms with van der Waals surface area (Å²) < 4.78 is 24.8. The topological polar surface area (TPSA) is 96.0 Å². The van der Waals surface area contributed by atoms with Gasteiger partial charge in [-0.15, -0.1) is 0 Å². The second-order valence-corrected chi connectivity index (χ2v) is 8.84. The highest BCUT2D eigenvalue weighted by Gasteiger charge is 2.25. The zero-order valence-electron chi connectivity index (χ0n) is 14.9. The van der Waals surface area contributed by atoms with Crippen molar-refractivity contribution in [1.29, 1.82) is 0 Å². The largest absolute Gasteiger partial charge is 0.320 e. The molecule has 3 aromatic rings. The summed E-state index contributed by atoms with van der Waals surface area (Å²) in [5.74, 6) is 0.346. The normalized spacial score (nSPS) is 16.6. The summed E-state index contributed by atoms with van der Waals surface area (Å²) in [6, 6.07) is 9.88. The molecule has 1 aromatic carbocycles. The van der Waals surface area contributed by atoms with Crippen LogP contribution in [0.5, 0.6) is 0 Å². The molecule has 7 nitrogen and oxygen atoms in total. The second kappa shape index (κ2) is 6.86. The highest BCUT2D eigenvalue weighted by molar-refractivity contribution is 7.88. The van der Waals surface area contributed by atoms with Crippen LogP contribution in [0.3, 0.4) is 0 Å². The fourth-order valence-electron chi connectivity index (χ4n) is 3.59. The first-order chi connectivity index (χ1) is 12.9. The Bertz CT molecular complexity index is 1130. The van der Waals surface area contributed by atoms with E-state index in [2.05, 4.69) is 27.1 Å². The van der Waals surface area contributed by atoms with Gasteiger partial charge in [-0.2, -0.15) is 0 Å². The predicted octanol–water partition coefficient (Wildman–Crippen LogP) is 2.12. The van der Waals surface area contributed by atoms with Gasteiger partial charge in [0.2, 0.25) is 10.0 Å². The molecule has 140 valence electrons. The van der Waals surface area contributed by atoms with Crippen LogP contribution in [0, 0.1) is 0 Å². The first kappa shape index (κ1) is 17.8. The molecule has 1 aliphatic rings. The number of pyridine rings is 1. The molecule has 4 rings (SSSR count). The average molecular weight is 384 g/mol. The van der Waals surface area contributed by atoms with Gasteiger partial charge in [-0.1, -0.05) is 24.3 Å². The Morgan fingerprint density at radius 2 is 1.74 bits per heavy atom. The summed E-state index contributed by atoms with van der Waals surface area (Å²) in [5, 5.41) is 0. The van der Waals surface area contributed by atoms with Gasteiger partial charge in [-0.3, -0.25) is 9.78 Å². The van der Waals surface area contributed by atoms with Crippen molar-refractivity contribution in [3.63, 3.8) is 0 Å². The van der Waals surface area contributed by atoms with Gasteiger partial charge in [-0.05, 0) is 36.0 Å². The molecular weight excluding hydrogens is 364 g/mol. The monoisotopic (exact) mass is 384 g/mol. The van der Waals surface area contributed by atoms with Gasteiger partial charge in [0, 0.05) is 25.5 Å². The van der Waals surface area contributed by atoms with Crippen molar-refractivity contribution < 1.29 is 8.42 Å². The second-order valence-electron chi connectivity index (χ2n) is 6.86. The number of nitrogens with one attached hydrogen (secondary N) is 1. The quantitative estimate of drug-likeness (QED) is 0.746. The van der Waals surface area contributed by atoms with Crippen LogP contribution in [0.2, 0.25) is 0 Å². The van der Waals surface area contributed by atoms with Crippen LogP contribution in [-0.2, 0) is 10.0 Å². The van der Waals surface area contributed by atoms with E-state index in [-0.39, 0.29) is 5.56 Å². The first-order valence-electron chi connectivity index (χ1n) is 8.81. The smallest absolute Gasteiger partial charge is 0.276 e. The Morgan fingerprint density at radius 3 is 2.41 bits per heavy atom. The molecule has 0 unspecified atom stereocenters. The van der Waals surface area contributed by atoms with Crippen LogP contribution in [0.4, 0.5) is 0 Å². The minimum absolute atomic E-state index is 0.257. The highest BCUT2D eigenvalue weighted by Crippen LogP contribution is 2.30. The van der Waals surface area contributed by atoms with Gasteiger partial charge in [-0.25, -0.2) is 17.7 Å². The fraction of sp³-hybridized carbons (Fsp3) is 0.316. The van der Waals surface area contributed by atoms with E-state index < -0.39 is 10.0 Å². The average Bonchev–Trinajstić information content (AvgIpc) is 2.67. The number of hydrogen-bond donors (Lipinski definition) is 1. The number of nitrogens with zero attached hydrogens (tertiary/aromatic N) is 3. The van der Waals surface area contributed by atoms with Crippen molar-refractivity contribution in [2.75, 3.05) is 19.3 Å². The molecule has 3 heterocycles. The Kier molecular flexibility index (Phi) is 4.53. The van der Waals surface area contributed by atoms with E-state index in [1.807, 2.05) is 18.2 Å². The van der Waals surface area contributed by atoms with Gasteiger partial charge < -0.3 is 4.98 Å². The molecule has 0 spiro atoms. The van der Waals surface area contributed by atoms with Crippen LogP contribution in [0.25, 0.3) is 22.3 Å². The molecule has 0 aliphatic carbocycles. The van der Waals surface area contributed by atoms with Crippen molar-refractivity contribution in [3.05, 3.63) is 58.6 Å². The lowest BCUT2D eigenvalue weighted by molar-refractivity contribution is 0.321. The van der Waals surface area contributed by atoms with Crippen molar-refractivity contribution in [2.24, 2.45) is 0 Å². The van der Waals surface area contributed by atoms with Gasteiger partial charge in [0.25, 0.3) is 5.56 Å². The fourth-order valence-corrected chi connectivity index (χ4v) is 4.47. The third-order valence-corrected chi connectivity index (χ3v) is 6.39. The van der Waals surface area contributed by atoms with Crippen LogP contribution >= 0.6 is 0 Å². The number of benzene rings is 1. The summed E-state index contributed by atoms with van der Waals surface area (Å²) in [6.45, 7) is 1.11. The molecule has 0 saturated carbocycles. The molecule has 1 fully saturated rings. The number of aromatic amines is 1. The summed E-state index contributed by atoms with van der Waals surface area (Å²) in [7, 11) is -3.11. The number of aromatic nitrogens is 3. The maximum absolute atomic E-state index is 12.2. The molecule has 27 heavy (non-hydrogen) atoms. The van der Waals surface area contributed by atoms with Crippen LogP contribution < -0.4 is 5.56 Å². The first-order valence-corrected chi connectivity index (χ1v) is 10.7. The molecular formula is C19H20N4O3S. The minimum Gasteiger partial charge on any atom is -0.320 e. The Labute approximate surface area is 157 Å². The minimum atomic E-state index is -3.11. The van der Waals surface area contributed by atoms with Gasteiger partial charge in [0.15, 0.2) is 5.52 Å². The van der Waals surface area contributed by atoms with Crippen molar-refractivity contribution in [1.82, 2.24) is 19.3 Å². The van der Waals surface area contributed by atoms with E-state index in [1.54, 1.807) is 10.5 Å². The summed E-state index contributed by atoms with van der Waals surface area (Å²) in [4.78, 5) is 23.3. The predicted molar refractivity (Wildman–Crippen MR) is 104 cm³/mol. The Morgan fingerprint density at radius 1 is 1.07 bits per heavy atom. The van der Waals surface area contributed by atoms with Crippen LogP contribution in [0.1, 0.15) is 24.3 Å². The van der Waals surface area contributed by atoms with E-state index in [1.165, 1.54) is 18.0 Å². The van der Waals surface area contributed by atoms with Crippen LogP contribution in [-0.4, -0.2) is 47.0 Å². The number of fused-ring (bicyclic) bond motifs is 1. The van der Waals surface area contributed by atoms with E-state index in [9.17, 15) is 13.2 Å². The maximum Gasteiger partial charge on any atom is 0.276 e. The lowest BCUT2D eigenvalue weighted by Gasteiger charge is -2.30. The number of piperidine rings is 1. The molecule has 0 bridgehead atoms. The Balaban J connectivity index is 1.56. The van der Waals surface area contributed by atoms with E-state index in [0.717, 1.165) is 18.4 Å². The van der Waals surface area contributed by atoms with Gasteiger partial charge >= 0.3 is 0 Å². The van der Waals surface area contributed by atoms with Gasteiger partial charge in [0.1, 0.15) is 0 Å². The van der Waals surface area contributed by atoms with E-state index >= 15 is 0 Å². The standard InChI is InChI=1S/C19H20N4O3S/c1-27(25,26)23-10-6-14(7-11-23)13-2-4-15(5-3-13)16-12-17-18(19(24)22-16)21-9-8-20-17/h2-5,8-9,12,14H,6-7,10-11H2,1H3,(H,22,24). The molecule has 0 radical (unpaired) electrons. The SMILES string of the molecule is CS(=O)(=O)N1CCC(c2ccc(-c3cc4nccnc4c(=O)[nH]3)cc2)CC1. The van der Waals surface area contributed by atoms with Crippen molar-refractivity contribution >= 4 is 21.1 Å². The zero-order valence-corrected chi connectivity index (χ0v) is 15.7. The number of sulfonamides is 1.